The molecule has 5 N–H and O–H groups in total. The molecule has 0 radical (unpaired) electrons. The number of rotatable bonds is 10. The van der Waals surface area contributed by atoms with E-state index in [-0.39, 0.29) is 46.9 Å². The van der Waals surface area contributed by atoms with Crippen molar-refractivity contribution >= 4 is 84.0 Å². The first-order valence-corrected chi connectivity index (χ1v) is 22.0. The highest BCUT2D eigenvalue weighted by molar-refractivity contribution is 7.85. The molecule has 6 rings (SSSR count). The molecule has 3 aromatic carbocycles. The van der Waals surface area contributed by atoms with Crippen LogP contribution in [0.3, 0.4) is 0 Å². The number of ketones is 1. The van der Waals surface area contributed by atoms with Gasteiger partial charge >= 0.3 is 0 Å². The standard InChI is InChI=1S/C17H19ClN2O3S.C14H13ClN2O2S.C7H8O3S.C3H8O.H2O/c1-10-9-22-17(3,23-10)13-6-4-12(5-7-13)8-14(21)19-16-15(18)11(2)20-24-16;1-8-13(15)14(20-17-8)16-12(19)7-10-3-5-11(6-4-10)9(2)18;1-6-2-4-7(5-3-6)11(8,9)10;1-2-3-4;/h4-7,10H,8-9H2,1-3H3,(H,19,21);3-6H,7H2,1-2H3,(H,16,19);2-5H,1H3,(H,8,9,10);4H,2-3H2,1H3;1H2/p-1. The molecule has 0 aliphatic carbocycles. The summed E-state index contributed by atoms with van der Waals surface area (Å²) in [7, 11) is -4.02. The molecule has 2 atom stereocenters. The van der Waals surface area contributed by atoms with Gasteiger partial charge in [-0.25, -0.2) is 0 Å². The summed E-state index contributed by atoms with van der Waals surface area (Å²) in [6, 6.07) is 20.7. The van der Waals surface area contributed by atoms with E-state index in [1.807, 2.05) is 58.9 Å². The van der Waals surface area contributed by atoms with Gasteiger partial charge in [0.2, 0.25) is 11.8 Å². The fraction of sp³-hybridized carbons (Fsp3) is 0.341. The van der Waals surface area contributed by atoms with E-state index >= 15 is 0 Å². The molecule has 3 heterocycles. The van der Waals surface area contributed by atoms with Gasteiger partial charge in [0.05, 0.1) is 51.9 Å². The first kappa shape index (κ1) is 52.0. The summed E-state index contributed by atoms with van der Waals surface area (Å²) in [6.07, 6.45) is 1.45. The van der Waals surface area contributed by atoms with Gasteiger partial charge in [0.15, 0.2) is 11.6 Å². The normalized spacial score (nSPS) is 15.4. The number of aliphatic hydroxyl groups is 1. The van der Waals surface area contributed by atoms with Crippen molar-refractivity contribution < 1.29 is 47.4 Å². The molecule has 2 aromatic heterocycles. The van der Waals surface area contributed by atoms with E-state index in [0.717, 1.165) is 45.9 Å². The third-order valence-electron chi connectivity index (χ3n) is 8.22. The van der Waals surface area contributed by atoms with Gasteiger partial charge in [-0.05, 0) is 94.3 Å². The van der Waals surface area contributed by atoms with Crippen LogP contribution in [0.2, 0.25) is 10.0 Å². The lowest BCUT2D eigenvalue weighted by Gasteiger charge is -2.23. The highest BCUT2D eigenvalue weighted by Crippen LogP contribution is 2.34. The van der Waals surface area contributed by atoms with Crippen LogP contribution in [0, 0.1) is 20.8 Å². The molecule has 60 heavy (non-hydrogen) atoms. The Kier molecular flexibility index (Phi) is 21.1. The molecule has 1 aliphatic rings. The zero-order valence-electron chi connectivity index (χ0n) is 34.1. The average molecular weight is 925 g/mol. The Bertz CT molecular complexity index is 2270. The van der Waals surface area contributed by atoms with Gasteiger partial charge in [0.25, 0.3) is 10.1 Å². The molecule has 19 heteroatoms. The molecular weight excluding hydrogens is 876 g/mol. The molecule has 2 unspecified atom stereocenters. The number of benzene rings is 3. The van der Waals surface area contributed by atoms with Crippen molar-refractivity contribution in [2.45, 2.75) is 84.5 Å². The van der Waals surface area contributed by atoms with Crippen LogP contribution in [0.15, 0.2) is 77.7 Å². The molecule has 2 amide bonds. The number of ether oxygens (including phenoxy) is 2. The van der Waals surface area contributed by atoms with Crippen molar-refractivity contribution in [3.8, 4) is 0 Å². The third kappa shape index (κ3) is 16.4. The van der Waals surface area contributed by atoms with Crippen molar-refractivity contribution in [2.24, 2.45) is 0 Å². The maximum absolute atomic E-state index is 12.2. The van der Waals surface area contributed by atoms with E-state index in [1.54, 1.807) is 43.3 Å². The van der Waals surface area contributed by atoms with Crippen LogP contribution >= 0.6 is 46.3 Å². The van der Waals surface area contributed by atoms with Crippen LogP contribution in [0.5, 0.6) is 0 Å². The first-order valence-electron chi connectivity index (χ1n) is 18.3. The predicted octanol–water partition coefficient (Wildman–Crippen LogP) is 8.84. The number of amides is 2. The summed E-state index contributed by atoms with van der Waals surface area (Å²) in [5.41, 5.74) is 5.70. The van der Waals surface area contributed by atoms with Crippen molar-refractivity contribution in [2.75, 3.05) is 23.8 Å². The van der Waals surface area contributed by atoms with Crippen LogP contribution in [0.25, 0.3) is 0 Å². The highest BCUT2D eigenvalue weighted by atomic mass is 35.5. The molecule has 0 saturated carbocycles. The fourth-order valence-corrected chi connectivity index (χ4v) is 7.34. The summed E-state index contributed by atoms with van der Waals surface area (Å²) in [5, 5.41) is 15.5. The molecule has 0 spiro atoms. The second-order valence-electron chi connectivity index (χ2n) is 13.4. The summed E-state index contributed by atoms with van der Waals surface area (Å²) >= 11 is 14.4. The largest absolute Gasteiger partial charge is 0.870 e. The number of Topliss-reactive ketones (excluding diaryl/α,β-unsaturated/α-hetero) is 1. The van der Waals surface area contributed by atoms with Crippen LogP contribution in [0.4, 0.5) is 10.0 Å². The number of anilines is 2. The van der Waals surface area contributed by atoms with Crippen molar-refractivity contribution in [3.05, 3.63) is 122 Å². The Morgan fingerprint density at radius 1 is 0.833 bits per heavy atom. The molecule has 1 fully saturated rings. The van der Waals surface area contributed by atoms with Crippen LogP contribution < -0.4 is 10.6 Å². The number of hydrogen-bond donors (Lipinski definition) is 4. The van der Waals surface area contributed by atoms with Gasteiger partial charge in [0, 0.05) is 17.7 Å². The second-order valence-corrected chi connectivity index (χ2v) is 17.1. The minimum Gasteiger partial charge on any atom is -0.870 e. The Labute approximate surface area is 368 Å². The quantitative estimate of drug-likeness (QED) is 0.0762. The molecule has 1 aliphatic heterocycles. The Balaban J connectivity index is 0.000000310. The molecule has 5 aromatic rings. The van der Waals surface area contributed by atoms with Crippen molar-refractivity contribution in [1.82, 2.24) is 8.75 Å². The number of carbonyl (C=O) groups is 3. The number of aryl methyl sites for hydroxylation is 3. The van der Waals surface area contributed by atoms with Gasteiger partial charge < -0.3 is 30.7 Å². The number of hydrogen-bond acceptors (Lipinski definition) is 13. The lowest BCUT2D eigenvalue weighted by atomic mass is 10.0. The van der Waals surface area contributed by atoms with Gasteiger partial charge in [-0.2, -0.15) is 17.2 Å². The van der Waals surface area contributed by atoms with Gasteiger partial charge in [-0.1, -0.05) is 96.4 Å². The Morgan fingerprint density at radius 3 is 1.60 bits per heavy atom. The zero-order valence-corrected chi connectivity index (χ0v) is 38.1. The third-order valence-corrected chi connectivity index (χ3v) is 11.9. The predicted molar refractivity (Wildman–Crippen MR) is 235 cm³/mol. The first-order chi connectivity index (χ1) is 27.8. The second kappa shape index (κ2) is 24.3. The van der Waals surface area contributed by atoms with E-state index in [2.05, 4.69) is 19.4 Å². The topological polar surface area (TPSA) is 224 Å². The number of aliphatic hydroxyl groups excluding tert-OH is 1. The maximum atomic E-state index is 12.2. The summed E-state index contributed by atoms with van der Waals surface area (Å²) in [6.45, 7) is 13.7. The minimum atomic E-state index is -4.02. The zero-order chi connectivity index (χ0) is 43.9. The number of nitrogens with one attached hydrogen (secondary N) is 2. The Morgan fingerprint density at radius 2 is 1.27 bits per heavy atom. The summed E-state index contributed by atoms with van der Waals surface area (Å²) < 4.78 is 49.3. The smallest absolute Gasteiger partial charge is 0.294 e. The molecule has 0 bridgehead atoms. The van der Waals surface area contributed by atoms with Crippen LogP contribution in [-0.4, -0.2) is 69.2 Å². The fourth-order valence-electron chi connectivity index (χ4n) is 4.96. The number of nitrogens with zero attached hydrogens (tertiary/aromatic N) is 2. The summed E-state index contributed by atoms with van der Waals surface area (Å²) in [4.78, 5) is 35.1. The molecule has 14 nitrogen and oxygen atoms in total. The molecular formula is C41H49Cl2N4O10S3-. The molecule has 1 saturated heterocycles. The molecule has 326 valence electrons. The summed E-state index contributed by atoms with van der Waals surface area (Å²) in [5.74, 6) is -0.992. The van der Waals surface area contributed by atoms with E-state index in [0.29, 0.717) is 44.5 Å². The van der Waals surface area contributed by atoms with E-state index in [1.165, 1.54) is 30.6 Å². The SMILES string of the molecule is CC(=O)c1ccc(CC(=O)Nc2snc(C)c2Cl)cc1.CCCO.Cc1ccc(S(=O)(=O)O)cc1.Cc1nsc(NC(=O)Cc2ccc(C3(C)OCC(C)O3)cc2)c1Cl.[OH-]. The highest BCUT2D eigenvalue weighted by Gasteiger charge is 2.36. The van der Waals surface area contributed by atoms with Gasteiger partial charge in [0.1, 0.15) is 10.0 Å². The average Bonchev–Trinajstić information content (AvgIpc) is 3.83. The van der Waals surface area contributed by atoms with Crippen molar-refractivity contribution in [1.29, 1.82) is 0 Å². The van der Waals surface area contributed by atoms with E-state index < -0.39 is 15.9 Å². The van der Waals surface area contributed by atoms with Crippen molar-refractivity contribution in [3.63, 3.8) is 0 Å². The number of aromatic nitrogens is 2. The number of halogens is 2. The van der Waals surface area contributed by atoms with E-state index in [4.69, 9.17) is 42.3 Å². The Hall–Kier alpha value is -4.14. The number of carbonyl (C=O) groups excluding carboxylic acids is 3. The lowest BCUT2D eigenvalue weighted by Crippen LogP contribution is -2.23. The van der Waals surface area contributed by atoms with E-state index in [9.17, 15) is 22.8 Å². The van der Waals surface area contributed by atoms with Crippen LogP contribution in [0.1, 0.15) is 78.1 Å². The van der Waals surface area contributed by atoms with Crippen LogP contribution in [-0.2, 0) is 47.8 Å². The van der Waals surface area contributed by atoms with Gasteiger partial charge in [-0.15, -0.1) is 0 Å². The maximum Gasteiger partial charge on any atom is 0.294 e. The minimum absolute atomic E-state index is 0. The monoisotopic (exact) mass is 923 g/mol. The lowest BCUT2D eigenvalue weighted by molar-refractivity contribution is -0.159. The van der Waals surface area contributed by atoms with Gasteiger partial charge in [-0.3, -0.25) is 18.9 Å².